The molecule has 110 valence electrons. The molecule has 0 fully saturated rings. The van der Waals surface area contributed by atoms with Crippen LogP contribution >= 0.6 is 15.9 Å². The Hall–Kier alpha value is -1.61. The van der Waals surface area contributed by atoms with Gasteiger partial charge in [0.1, 0.15) is 11.5 Å². The molecule has 0 bridgehead atoms. The number of carbonyl (C=O) groups excluding carboxylic acids is 1. The van der Waals surface area contributed by atoms with E-state index in [0.29, 0.717) is 11.3 Å². The number of hydrogen-bond acceptors (Lipinski definition) is 2. The van der Waals surface area contributed by atoms with Crippen molar-refractivity contribution in [1.82, 2.24) is 0 Å². The standard InChI is InChI=1S/C18H19BrO2/c1-12-5-8-16(15(9-12)18(2,3)4)21-17-10-14(19)7-6-13(17)11-20/h5-11H,1-4H3. The lowest BCUT2D eigenvalue weighted by atomic mass is 9.85. The van der Waals surface area contributed by atoms with Crippen molar-refractivity contribution >= 4 is 22.2 Å². The van der Waals surface area contributed by atoms with E-state index in [1.54, 1.807) is 6.07 Å². The average Bonchev–Trinajstić information content (AvgIpc) is 2.40. The summed E-state index contributed by atoms with van der Waals surface area (Å²) in [5, 5.41) is 0. The Morgan fingerprint density at radius 2 is 1.76 bits per heavy atom. The Kier molecular flexibility index (Phi) is 4.52. The molecule has 0 aliphatic heterocycles. The second-order valence-corrected chi connectivity index (χ2v) is 7.07. The summed E-state index contributed by atoms with van der Waals surface area (Å²) >= 11 is 3.41. The lowest BCUT2D eigenvalue weighted by Crippen LogP contribution is -2.13. The Bertz CT molecular complexity index is 669. The zero-order valence-corrected chi connectivity index (χ0v) is 14.3. The third kappa shape index (κ3) is 3.73. The molecular weight excluding hydrogens is 328 g/mol. The fourth-order valence-corrected chi connectivity index (χ4v) is 2.47. The largest absolute Gasteiger partial charge is 0.456 e. The molecule has 0 saturated carbocycles. The van der Waals surface area contributed by atoms with Crippen LogP contribution in [0, 0.1) is 6.92 Å². The number of aryl methyl sites for hydroxylation is 1. The van der Waals surface area contributed by atoms with Crippen molar-refractivity contribution in [2.75, 3.05) is 0 Å². The molecule has 2 aromatic carbocycles. The highest BCUT2D eigenvalue weighted by Gasteiger charge is 2.20. The molecule has 2 aromatic rings. The minimum atomic E-state index is -0.0330. The van der Waals surface area contributed by atoms with E-state index in [0.717, 1.165) is 22.1 Å². The van der Waals surface area contributed by atoms with Gasteiger partial charge in [0.2, 0.25) is 0 Å². The minimum absolute atomic E-state index is 0.0330. The van der Waals surface area contributed by atoms with Gasteiger partial charge in [-0.3, -0.25) is 4.79 Å². The molecule has 0 aliphatic carbocycles. The number of carbonyl (C=O) groups is 1. The van der Waals surface area contributed by atoms with Crippen molar-refractivity contribution in [2.24, 2.45) is 0 Å². The molecule has 0 spiro atoms. The molecule has 0 amide bonds. The van der Waals surface area contributed by atoms with Crippen LogP contribution in [-0.2, 0) is 5.41 Å². The topological polar surface area (TPSA) is 26.3 Å². The van der Waals surface area contributed by atoms with E-state index in [1.165, 1.54) is 5.56 Å². The molecule has 0 heterocycles. The summed E-state index contributed by atoms with van der Waals surface area (Å²) in [7, 11) is 0. The first kappa shape index (κ1) is 15.8. The Morgan fingerprint density at radius 3 is 2.38 bits per heavy atom. The van der Waals surface area contributed by atoms with Crippen LogP contribution in [0.5, 0.6) is 11.5 Å². The highest BCUT2D eigenvalue weighted by Crippen LogP contribution is 2.36. The van der Waals surface area contributed by atoms with Gasteiger partial charge >= 0.3 is 0 Å². The highest BCUT2D eigenvalue weighted by molar-refractivity contribution is 9.10. The van der Waals surface area contributed by atoms with E-state index in [9.17, 15) is 4.79 Å². The fourth-order valence-electron chi connectivity index (χ4n) is 2.13. The summed E-state index contributed by atoms with van der Waals surface area (Å²) in [6, 6.07) is 11.5. The quantitative estimate of drug-likeness (QED) is 0.670. The second kappa shape index (κ2) is 6.02. The predicted octanol–water partition coefficient (Wildman–Crippen LogP) is 5.66. The predicted molar refractivity (Wildman–Crippen MR) is 89.5 cm³/mol. The summed E-state index contributed by atoms with van der Waals surface area (Å²) in [4.78, 5) is 11.2. The number of hydrogen-bond donors (Lipinski definition) is 0. The van der Waals surface area contributed by atoms with E-state index >= 15 is 0 Å². The smallest absolute Gasteiger partial charge is 0.153 e. The lowest BCUT2D eigenvalue weighted by molar-refractivity contribution is 0.112. The molecule has 2 rings (SSSR count). The van der Waals surface area contributed by atoms with E-state index in [1.807, 2.05) is 24.3 Å². The summed E-state index contributed by atoms with van der Waals surface area (Å²) in [5.74, 6) is 1.35. The van der Waals surface area contributed by atoms with Gasteiger partial charge < -0.3 is 4.74 Å². The van der Waals surface area contributed by atoms with Crippen LogP contribution in [0.2, 0.25) is 0 Å². The first-order valence-corrected chi connectivity index (χ1v) is 7.64. The molecule has 2 nitrogen and oxygen atoms in total. The Labute approximate surface area is 134 Å². The van der Waals surface area contributed by atoms with Crippen molar-refractivity contribution in [3.05, 3.63) is 57.6 Å². The van der Waals surface area contributed by atoms with Gasteiger partial charge in [0.25, 0.3) is 0 Å². The molecule has 0 atom stereocenters. The Balaban J connectivity index is 2.50. The maximum absolute atomic E-state index is 11.2. The summed E-state index contributed by atoms with van der Waals surface area (Å²) in [5.41, 5.74) is 2.82. The van der Waals surface area contributed by atoms with E-state index in [4.69, 9.17) is 4.74 Å². The van der Waals surface area contributed by atoms with Crippen LogP contribution in [0.3, 0.4) is 0 Å². The van der Waals surface area contributed by atoms with Gasteiger partial charge in [-0.25, -0.2) is 0 Å². The third-order valence-corrected chi connectivity index (χ3v) is 3.76. The zero-order chi connectivity index (χ0) is 15.6. The molecule has 0 saturated heterocycles. The van der Waals surface area contributed by atoms with Crippen LogP contribution in [-0.4, -0.2) is 6.29 Å². The van der Waals surface area contributed by atoms with Gasteiger partial charge in [0.05, 0.1) is 5.56 Å². The molecule has 0 aliphatic rings. The van der Waals surface area contributed by atoms with E-state index in [2.05, 4.69) is 49.7 Å². The molecule has 0 unspecified atom stereocenters. The number of ether oxygens (including phenoxy) is 1. The molecule has 3 heteroatoms. The highest BCUT2D eigenvalue weighted by atomic mass is 79.9. The average molecular weight is 347 g/mol. The lowest BCUT2D eigenvalue weighted by Gasteiger charge is -2.23. The fraction of sp³-hybridized carbons (Fsp3) is 0.278. The van der Waals surface area contributed by atoms with Crippen molar-refractivity contribution in [3.8, 4) is 11.5 Å². The summed E-state index contributed by atoms with van der Waals surface area (Å²) in [6.45, 7) is 8.51. The number of benzene rings is 2. The number of halogens is 1. The maximum atomic E-state index is 11.2. The van der Waals surface area contributed by atoms with Gasteiger partial charge in [0.15, 0.2) is 6.29 Å². The van der Waals surface area contributed by atoms with Crippen LogP contribution in [0.1, 0.15) is 42.3 Å². The maximum Gasteiger partial charge on any atom is 0.153 e. The molecule has 0 radical (unpaired) electrons. The number of rotatable bonds is 3. The van der Waals surface area contributed by atoms with Gasteiger partial charge in [-0.05, 0) is 36.6 Å². The first-order chi connectivity index (χ1) is 9.81. The van der Waals surface area contributed by atoms with E-state index < -0.39 is 0 Å². The Morgan fingerprint density at radius 1 is 1.05 bits per heavy atom. The molecule has 0 N–H and O–H groups in total. The molecule has 21 heavy (non-hydrogen) atoms. The van der Waals surface area contributed by atoms with Gasteiger partial charge in [-0.15, -0.1) is 0 Å². The van der Waals surface area contributed by atoms with Crippen LogP contribution < -0.4 is 4.74 Å². The first-order valence-electron chi connectivity index (χ1n) is 6.85. The van der Waals surface area contributed by atoms with Crippen molar-refractivity contribution in [3.63, 3.8) is 0 Å². The third-order valence-electron chi connectivity index (χ3n) is 3.27. The minimum Gasteiger partial charge on any atom is -0.456 e. The van der Waals surface area contributed by atoms with Gasteiger partial charge in [0, 0.05) is 10.0 Å². The molecular formula is C18H19BrO2. The van der Waals surface area contributed by atoms with Crippen molar-refractivity contribution < 1.29 is 9.53 Å². The second-order valence-electron chi connectivity index (χ2n) is 6.15. The van der Waals surface area contributed by atoms with Gasteiger partial charge in [-0.2, -0.15) is 0 Å². The monoisotopic (exact) mass is 346 g/mol. The molecule has 0 aromatic heterocycles. The summed E-state index contributed by atoms with van der Waals surface area (Å²) in [6.07, 6.45) is 0.812. The summed E-state index contributed by atoms with van der Waals surface area (Å²) < 4.78 is 6.91. The van der Waals surface area contributed by atoms with Crippen LogP contribution in [0.4, 0.5) is 0 Å². The number of aldehydes is 1. The van der Waals surface area contributed by atoms with Crippen molar-refractivity contribution in [2.45, 2.75) is 33.1 Å². The SMILES string of the molecule is Cc1ccc(Oc2cc(Br)ccc2C=O)c(C(C)(C)C)c1. The van der Waals surface area contributed by atoms with E-state index in [-0.39, 0.29) is 5.41 Å². The normalized spacial score (nSPS) is 11.3. The van der Waals surface area contributed by atoms with Crippen LogP contribution in [0.25, 0.3) is 0 Å². The zero-order valence-electron chi connectivity index (χ0n) is 12.7. The van der Waals surface area contributed by atoms with Crippen LogP contribution in [0.15, 0.2) is 40.9 Å². The van der Waals surface area contributed by atoms with Gasteiger partial charge in [-0.1, -0.05) is 54.4 Å². The van der Waals surface area contributed by atoms with Crippen molar-refractivity contribution in [1.29, 1.82) is 0 Å².